The van der Waals surface area contributed by atoms with Crippen LogP contribution in [0.2, 0.25) is 0 Å². The van der Waals surface area contributed by atoms with Crippen LogP contribution in [0.5, 0.6) is 0 Å². The van der Waals surface area contributed by atoms with Gasteiger partial charge >= 0.3 is 0 Å². The fourth-order valence-corrected chi connectivity index (χ4v) is 3.51. The Kier molecular flexibility index (Phi) is 11.1. The molecule has 0 aromatic heterocycles. The molecule has 0 atom stereocenters. The van der Waals surface area contributed by atoms with E-state index in [0.717, 1.165) is 11.1 Å². The number of hydrogen-bond acceptors (Lipinski definition) is 4. The molecule has 0 fully saturated rings. The Bertz CT molecular complexity index is 910. The number of aliphatic imine (C=N–C) groups is 1. The van der Waals surface area contributed by atoms with E-state index in [1.165, 1.54) is 25.3 Å². The van der Waals surface area contributed by atoms with Gasteiger partial charge in [-0.25, -0.2) is 17.5 Å². The zero-order chi connectivity index (χ0) is 20.4. The molecule has 160 valence electrons. The zero-order valence-corrected chi connectivity index (χ0v) is 19.5. The van der Waals surface area contributed by atoms with Gasteiger partial charge in [-0.3, -0.25) is 4.99 Å². The van der Waals surface area contributed by atoms with Crippen molar-refractivity contribution in [1.29, 1.82) is 0 Å². The molecule has 0 aliphatic heterocycles. The molecule has 0 radical (unpaired) electrons. The summed E-state index contributed by atoms with van der Waals surface area (Å²) < 4.78 is 45.2. The molecule has 0 unspecified atom stereocenters. The first-order chi connectivity index (χ1) is 13.4. The SMILES string of the molecule is CN=C(NCc1cccc(F)c1)NCc1cccc(S(=O)(=O)NCCOC)c1.I. The predicted molar refractivity (Wildman–Crippen MR) is 122 cm³/mol. The highest BCUT2D eigenvalue weighted by Crippen LogP contribution is 2.11. The summed E-state index contributed by atoms with van der Waals surface area (Å²) in [5.41, 5.74) is 1.57. The lowest BCUT2D eigenvalue weighted by molar-refractivity contribution is 0.204. The summed E-state index contributed by atoms with van der Waals surface area (Å²) in [7, 11) is -0.452. The normalized spacial score (nSPS) is 11.6. The third-order valence-electron chi connectivity index (χ3n) is 3.84. The Morgan fingerprint density at radius 1 is 1.07 bits per heavy atom. The molecule has 7 nitrogen and oxygen atoms in total. The molecule has 0 spiro atoms. The van der Waals surface area contributed by atoms with Crippen LogP contribution in [0.15, 0.2) is 58.4 Å². The lowest BCUT2D eigenvalue weighted by Crippen LogP contribution is -2.36. The second-order valence-corrected chi connectivity index (χ2v) is 7.71. The summed E-state index contributed by atoms with van der Waals surface area (Å²) in [6.07, 6.45) is 0. The average Bonchev–Trinajstić information content (AvgIpc) is 2.68. The topological polar surface area (TPSA) is 91.8 Å². The molecule has 2 aromatic rings. The number of methoxy groups -OCH3 is 1. The molecule has 2 aromatic carbocycles. The fraction of sp³-hybridized carbons (Fsp3) is 0.316. The summed E-state index contributed by atoms with van der Waals surface area (Å²) in [5, 5.41) is 6.20. The van der Waals surface area contributed by atoms with Gasteiger partial charge in [0.1, 0.15) is 5.82 Å². The van der Waals surface area contributed by atoms with Gasteiger partial charge in [-0.15, -0.1) is 24.0 Å². The summed E-state index contributed by atoms with van der Waals surface area (Å²) in [5.74, 6) is 0.232. The van der Waals surface area contributed by atoms with Crippen LogP contribution in [0.25, 0.3) is 0 Å². The van der Waals surface area contributed by atoms with Crippen molar-refractivity contribution in [2.75, 3.05) is 27.3 Å². The molecular weight excluding hydrogens is 510 g/mol. The second kappa shape index (κ2) is 12.7. The monoisotopic (exact) mass is 536 g/mol. The molecule has 0 aliphatic rings. The molecule has 0 heterocycles. The summed E-state index contributed by atoms with van der Waals surface area (Å²) in [6.45, 7) is 1.30. The minimum Gasteiger partial charge on any atom is -0.383 e. The molecular formula is C19H26FIN4O3S. The van der Waals surface area contributed by atoms with Crippen molar-refractivity contribution in [3.8, 4) is 0 Å². The molecule has 0 saturated heterocycles. The second-order valence-electron chi connectivity index (χ2n) is 5.95. The Morgan fingerprint density at radius 3 is 2.28 bits per heavy atom. The van der Waals surface area contributed by atoms with Crippen LogP contribution in [0.4, 0.5) is 4.39 Å². The minimum atomic E-state index is -3.59. The summed E-state index contributed by atoms with van der Waals surface area (Å²) >= 11 is 0. The first-order valence-electron chi connectivity index (χ1n) is 8.71. The molecule has 3 N–H and O–H groups in total. The largest absolute Gasteiger partial charge is 0.383 e. The van der Waals surface area contributed by atoms with Gasteiger partial charge in [0.15, 0.2) is 5.96 Å². The predicted octanol–water partition coefficient (Wildman–Crippen LogP) is 2.23. The van der Waals surface area contributed by atoms with Crippen molar-refractivity contribution in [1.82, 2.24) is 15.4 Å². The van der Waals surface area contributed by atoms with Crippen LogP contribution in [-0.2, 0) is 27.8 Å². The number of nitrogens with zero attached hydrogens (tertiary/aromatic N) is 1. The van der Waals surface area contributed by atoms with Crippen LogP contribution in [-0.4, -0.2) is 41.7 Å². The van der Waals surface area contributed by atoms with Crippen molar-refractivity contribution in [2.24, 2.45) is 4.99 Å². The highest BCUT2D eigenvalue weighted by Gasteiger charge is 2.13. The van der Waals surface area contributed by atoms with E-state index >= 15 is 0 Å². The maximum absolute atomic E-state index is 13.2. The number of nitrogens with one attached hydrogen (secondary N) is 3. The Labute approximate surface area is 188 Å². The number of guanidine groups is 1. The van der Waals surface area contributed by atoms with Gasteiger partial charge < -0.3 is 15.4 Å². The number of ether oxygens (including phenoxy) is 1. The van der Waals surface area contributed by atoms with Gasteiger partial charge in [-0.1, -0.05) is 24.3 Å². The fourth-order valence-electron chi connectivity index (χ4n) is 2.42. The highest BCUT2D eigenvalue weighted by molar-refractivity contribution is 14.0. The minimum absolute atomic E-state index is 0. The van der Waals surface area contributed by atoms with E-state index in [0.29, 0.717) is 25.7 Å². The van der Waals surface area contributed by atoms with E-state index in [1.54, 1.807) is 25.2 Å². The quantitative estimate of drug-likeness (QED) is 0.198. The first-order valence-corrected chi connectivity index (χ1v) is 10.2. The summed E-state index contributed by atoms with van der Waals surface area (Å²) in [6, 6.07) is 12.9. The van der Waals surface area contributed by atoms with Crippen molar-refractivity contribution >= 4 is 40.0 Å². The third-order valence-corrected chi connectivity index (χ3v) is 5.30. The van der Waals surface area contributed by atoms with E-state index in [2.05, 4.69) is 20.3 Å². The van der Waals surface area contributed by atoms with Crippen LogP contribution in [0.1, 0.15) is 11.1 Å². The molecule has 0 amide bonds. The Balaban J connectivity index is 0.00000420. The van der Waals surface area contributed by atoms with Crippen molar-refractivity contribution in [3.63, 3.8) is 0 Å². The molecule has 29 heavy (non-hydrogen) atoms. The Hall–Kier alpha value is -1.76. The van der Waals surface area contributed by atoms with Crippen LogP contribution < -0.4 is 15.4 Å². The molecule has 0 saturated carbocycles. The standard InChI is InChI=1S/C19H25FN4O3S.HI/c1-21-19(22-13-15-5-3-7-17(20)11-15)23-14-16-6-4-8-18(12-16)28(25,26)24-9-10-27-2;/h3-8,11-12,24H,9-10,13-14H2,1-2H3,(H2,21,22,23);1H. The van der Waals surface area contributed by atoms with Gasteiger partial charge in [0.05, 0.1) is 11.5 Å². The number of benzene rings is 2. The van der Waals surface area contributed by atoms with E-state index in [9.17, 15) is 12.8 Å². The lowest BCUT2D eigenvalue weighted by Gasteiger charge is -2.13. The molecule has 2 rings (SSSR count). The van der Waals surface area contributed by atoms with Crippen LogP contribution >= 0.6 is 24.0 Å². The first kappa shape index (κ1) is 25.3. The van der Waals surface area contributed by atoms with Crippen molar-refractivity contribution in [3.05, 3.63) is 65.5 Å². The van der Waals surface area contributed by atoms with Gasteiger partial charge in [0, 0.05) is 33.8 Å². The van der Waals surface area contributed by atoms with E-state index in [1.807, 2.05) is 12.1 Å². The van der Waals surface area contributed by atoms with Crippen molar-refractivity contribution < 1.29 is 17.5 Å². The van der Waals surface area contributed by atoms with Crippen molar-refractivity contribution in [2.45, 2.75) is 18.0 Å². The maximum atomic E-state index is 13.2. The molecule has 0 aliphatic carbocycles. The average molecular weight is 536 g/mol. The van der Waals surface area contributed by atoms with Crippen LogP contribution in [0, 0.1) is 5.82 Å². The summed E-state index contributed by atoms with van der Waals surface area (Å²) in [4.78, 5) is 4.30. The number of rotatable bonds is 9. The smallest absolute Gasteiger partial charge is 0.240 e. The Morgan fingerprint density at radius 2 is 1.69 bits per heavy atom. The van der Waals surface area contributed by atoms with Gasteiger partial charge in [0.2, 0.25) is 10.0 Å². The van der Waals surface area contributed by atoms with Gasteiger partial charge in [-0.05, 0) is 35.4 Å². The van der Waals surface area contributed by atoms with E-state index in [-0.39, 0.29) is 41.2 Å². The lowest BCUT2D eigenvalue weighted by atomic mass is 10.2. The molecule has 10 heteroatoms. The molecule has 0 bridgehead atoms. The van der Waals surface area contributed by atoms with Gasteiger partial charge in [-0.2, -0.15) is 0 Å². The zero-order valence-electron chi connectivity index (χ0n) is 16.3. The van der Waals surface area contributed by atoms with Gasteiger partial charge in [0.25, 0.3) is 0 Å². The highest BCUT2D eigenvalue weighted by atomic mass is 127. The van der Waals surface area contributed by atoms with E-state index < -0.39 is 10.0 Å². The van der Waals surface area contributed by atoms with Crippen LogP contribution in [0.3, 0.4) is 0 Å². The number of hydrogen-bond donors (Lipinski definition) is 3. The number of sulfonamides is 1. The maximum Gasteiger partial charge on any atom is 0.240 e. The van der Waals surface area contributed by atoms with E-state index in [4.69, 9.17) is 4.74 Å². The number of halogens is 2. The third kappa shape index (κ3) is 8.64.